The van der Waals surface area contributed by atoms with E-state index in [1.807, 2.05) is 0 Å². The number of ether oxygens (including phenoxy) is 1. The lowest BCUT2D eigenvalue weighted by Gasteiger charge is -2.20. The van der Waals surface area contributed by atoms with Crippen LogP contribution in [-0.2, 0) is 19.1 Å². The topological polar surface area (TPSA) is 146 Å². The molecular weight excluding hydrogens is 414 g/mol. The van der Waals surface area contributed by atoms with E-state index in [4.69, 9.17) is 4.74 Å². The van der Waals surface area contributed by atoms with Crippen LogP contribution in [0, 0.1) is 5.92 Å². The Hall–Kier alpha value is -3.27. The van der Waals surface area contributed by atoms with Gasteiger partial charge in [-0.05, 0) is 30.5 Å². The first-order valence-electron chi connectivity index (χ1n) is 10.9. The highest BCUT2D eigenvalue weighted by molar-refractivity contribution is 5.99. The van der Waals surface area contributed by atoms with Gasteiger partial charge in [-0.3, -0.25) is 24.3 Å². The normalized spacial score (nSPS) is 18.8. The first kappa shape index (κ1) is 21.9. The Kier molecular flexibility index (Phi) is 6.79. The van der Waals surface area contributed by atoms with Crippen molar-refractivity contribution in [1.29, 1.82) is 0 Å². The van der Waals surface area contributed by atoms with E-state index in [2.05, 4.69) is 26.1 Å². The van der Waals surface area contributed by atoms with Gasteiger partial charge in [0.2, 0.25) is 11.8 Å². The molecule has 1 aromatic heterocycles. The van der Waals surface area contributed by atoms with Crippen molar-refractivity contribution in [3.63, 3.8) is 0 Å². The molecule has 2 heterocycles. The molecule has 0 radical (unpaired) electrons. The number of Topliss-reactive ketones (excluding diaryl/α,β-unsaturated/α-hetero) is 1. The molecule has 1 aliphatic heterocycles. The molecular formula is C22H27N5O5. The number of aromatic amines is 1. The lowest BCUT2D eigenvalue weighted by molar-refractivity contribution is -0.129. The first-order valence-corrected chi connectivity index (χ1v) is 10.9. The van der Waals surface area contributed by atoms with Gasteiger partial charge in [0.25, 0.3) is 5.91 Å². The minimum absolute atomic E-state index is 0.0987. The molecule has 32 heavy (non-hydrogen) atoms. The Morgan fingerprint density at radius 2 is 1.84 bits per heavy atom. The highest BCUT2D eigenvalue weighted by atomic mass is 16.6. The summed E-state index contributed by atoms with van der Waals surface area (Å²) in [6.45, 7) is -0.134. The van der Waals surface area contributed by atoms with Crippen LogP contribution in [0.15, 0.2) is 24.4 Å². The molecule has 2 fully saturated rings. The van der Waals surface area contributed by atoms with Gasteiger partial charge in [0.1, 0.15) is 6.10 Å². The monoisotopic (exact) mass is 441 g/mol. The molecule has 1 unspecified atom stereocenters. The molecule has 10 nitrogen and oxygen atoms in total. The van der Waals surface area contributed by atoms with E-state index in [1.165, 1.54) is 0 Å². The zero-order valence-corrected chi connectivity index (χ0v) is 17.7. The number of rotatable bonds is 10. The van der Waals surface area contributed by atoms with Crippen LogP contribution >= 0.6 is 0 Å². The summed E-state index contributed by atoms with van der Waals surface area (Å²) in [5.41, 5.74) is 1.21. The van der Waals surface area contributed by atoms with Crippen molar-refractivity contribution in [3.05, 3.63) is 30.0 Å². The van der Waals surface area contributed by atoms with E-state index in [1.54, 1.807) is 24.4 Å². The van der Waals surface area contributed by atoms with E-state index < -0.39 is 29.9 Å². The third-order valence-corrected chi connectivity index (χ3v) is 5.93. The van der Waals surface area contributed by atoms with Gasteiger partial charge in [0.15, 0.2) is 5.78 Å². The molecule has 1 aromatic carbocycles. The Balaban J connectivity index is 1.21. The molecule has 2 aromatic rings. The van der Waals surface area contributed by atoms with Crippen LogP contribution in [0.4, 0.5) is 0 Å². The van der Waals surface area contributed by atoms with E-state index in [0.717, 1.165) is 36.6 Å². The number of H-pyrrole nitrogens is 1. The zero-order valence-electron chi connectivity index (χ0n) is 17.7. The van der Waals surface area contributed by atoms with Gasteiger partial charge in [-0.25, -0.2) is 0 Å². The largest absolute Gasteiger partial charge is 0.365 e. The smallest absolute Gasteiger partial charge is 0.251 e. The predicted molar refractivity (Wildman–Crippen MR) is 115 cm³/mol. The highest BCUT2D eigenvalue weighted by Gasteiger charge is 2.38. The number of carbonyl (C=O) groups excluding carboxylic acids is 4. The Bertz CT molecular complexity index is 1010. The standard InChI is InChI=1S/C22H27N5O5/c28-19(10-24-22(31)14-5-6-16-15(8-14)9-25-27-16)23-11-20(29)26-17(21(30)18-12-32-18)7-13-3-1-2-4-13/h5-6,8-9,13,17-18H,1-4,7,10-12H2,(H,23,28)(H,24,31)(H,25,27)(H,26,29)/t17?,18-/m1/s1. The number of fused-ring (bicyclic) bond motifs is 1. The maximum atomic E-state index is 12.5. The van der Waals surface area contributed by atoms with E-state index >= 15 is 0 Å². The summed E-state index contributed by atoms with van der Waals surface area (Å²) in [6.07, 6.45) is 6.22. The molecule has 10 heteroatoms. The third-order valence-electron chi connectivity index (χ3n) is 5.93. The number of nitrogens with one attached hydrogen (secondary N) is 4. The number of hydrogen-bond acceptors (Lipinski definition) is 6. The fourth-order valence-electron chi connectivity index (χ4n) is 4.10. The maximum absolute atomic E-state index is 12.5. The number of ketones is 1. The molecule has 0 spiro atoms. The van der Waals surface area contributed by atoms with Gasteiger partial charge in [0.05, 0.1) is 37.5 Å². The van der Waals surface area contributed by atoms with Crippen molar-refractivity contribution >= 4 is 34.4 Å². The summed E-state index contributed by atoms with van der Waals surface area (Å²) in [5.74, 6) is -1.01. The van der Waals surface area contributed by atoms with Crippen molar-refractivity contribution in [2.45, 2.75) is 44.2 Å². The van der Waals surface area contributed by atoms with Crippen molar-refractivity contribution in [3.8, 4) is 0 Å². The van der Waals surface area contributed by atoms with Crippen molar-refractivity contribution in [2.75, 3.05) is 19.7 Å². The van der Waals surface area contributed by atoms with Crippen LogP contribution < -0.4 is 16.0 Å². The van der Waals surface area contributed by atoms with Crippen molar-refractivity contribution in [2.24, 2.45) is 5.92 Å². The fraction of sp³-hybridized carbons (Fsp3) is 0.500. The number of aromatic nitrogens is 2. The lowest BCUT2D eigenvalue weighted by Crippen LogP contribution is -2.48. The summed E-state index contributed by atoms with van der Waals surface area (Å²) < 4.78 is 5.09. The third kappa shape index (κ3) is 5.70. The molecule has 3 amide bonds. The van der Waals surface area contributed by atoms with Crippen LogP contribution in [0.5, 0.6) is 0 Å². The van der Waals surface area contributed by atoms with Gasteiger partial charge in [0, 0.05) is 10.9 Å². The van der Waals surface area contributed by atoms with Gasteiger partial charge < -0.3 is 20.7 Å². The molecule has 4 N–H and O–H groups in total. The average molecular weight is 441 g/mol. The molecule has 4 rings (SSSR count). The molecule has 0 bridgehead atoms. The zero-order chi connectivity index (χ0) is 22.5. The molecule has 2 aliphatic rings. The van der Waals surface area contributed by atoms with Crippen molar-refractivity contribution < 1.29 is 23.9 Å². The molecule has 1 saturated carbocycles. The van der Waals surface area contributed by atoms with Gasteiger partial charge in [-0.1, -0.05) is 25.7 Å². The summed E-state index contributed by atoms with van der Waals surface area (Å²) in [4.78, 5) is 49.1. The minimum Gasteiger partial charge on any atom is -0.365 e. The van der Waals surface area contributed by atoms with E-state index in [-0.39, 0.29) is 18.9 Å². The lowest BCUT2D eigenvalue weighted by atomic mass is 9.94. The molecule has 1 saturated heterocycles. The number of nitrogens with zero attached hydrogens (tertiary/aromatic N) is 1. The van der Waals surface area contributed by atoms with Gasteiger partial charge in [-0.15, -0.1) is 0 Å². The van der Waals surface area contributed by atoms with Crippen LogP contribution in [-0.4, -0.2) is 65.5 Å². The Morgan fingerprint density at radius 1 is 1.09 bits per heavy atom. The number of hydrogen-bond donors (Lipinski definition) is 4. The number of epoxide rings is 1. The van der Waals surface area contributed by atoms with Crippen LogP contribution in [0.1, 0.15) is 42.5 Å². The second-order valence-electron chi connectivity index (χ2n) is 8.36. The van der Waals surface area contributed by atoms with Crippen molar-refractivity contribution in [1.82, 2.24) is 26.1 Å². The number of benzene rings is 1. The minimum atomic E-state index is -0.590. The van der Waals surface area contributed by atoms with E-state index in [9.17, 15) is 19.2 Å². The second-order valence-corrected chi connectivity index (χ2v) is 8.36. The second kappa shape index (κ2) is 9.90. The molecule has 170 valence electrons. The van der Waals surface area contributed by atoms with Gasteiger partial charge >= 0.3 is 0 Å². The Labute approximate surface area is 184 Å². The summed E-state index contributed by atoms with van der Waals surface area (Å²) in [6, 6.07) is 4.45. The van der Waals surface area contributed by atoms with Gasteiger partial charge in [-0.2, -0.15) is 5.10 Å². The summed E-state index contributed by atoms with van der Waals surface area (Å²) in [7, 11) is 0. The Morgan fingerprint density at radius 3 is 2.59 bits per heavy atom. The summed E-state index contributed by atoms with van der Waals surface area (Å²) in [5, 5.41) is 15.2. The number of amides is 3. The van der Waals surface area contributed by atoms with Crippen LogP contribution in [0.3, 0.4) is 0 Å². The average Bonchev–Trinajstić information content (AvgIpc) is 3.31. The number of carbonyl (C=O) groups is 4. The van der Waals surface area contributed by atoms with Crippen LogP contribution in [0.25, 0.3) is 10.9 Å². The maximum Gasteiger partial charge on any atom is 0.251 e. The van der Waals surface area contributed by atoms with E-state index in [0.29, 0.717) is 24.5 Å². The molecule has 1 aliphatic carbocycles. The van der Waals surface area contributed by atoms with Crippen LogP contribution in [0.2, 0.25) is 0 Å². The molecule has 2 atom stereocenters. The SMILES string of the molecule is O=C(CNC(=O)c1ccc2[nH]ncc2c1)NCC(=O)NC(CC1CCCC1)C(=O)[C@H]1CO1. The first-order chi connectivity index (χ1) is 15.5. The quantitative estimate of drug-likeness (QED) is 0.394. The predicted octanol–water partition coefficient (Wildman–Crippen LogP) is 0.442. The highest BCUT2D eigenvalue weighted by Crippen LogP contribution is 2.29. The fourth-order valence-corrected chi connectivity index (χ4v) is 4.10. The summed E-state index contributed by atoms with van der Waals surface area (Å²) >= 11 is 0.